The third kappa shape index (κ3) is 3.38. The van der Waals surface area contributed by atoms with E-state index in [9.17, 15) is 14.0 Å². The predicted molar refractivity (Wildman–Crippen MR) is 107 cm³/mol. The zero-order valence-electron chi connectivity index (χ0n) is 15.6. The lowest BCUT2D eigenvalue weighted by Gasteiger charge is -2.38. The van der Waals surface area contributed by atoms with Gasteiger partial charge < -0.3 is 4.90 Å². The van der Waals surface area contributed by atoms with Crippen molar-refractivity contribution in [3.05, 3.63) is 58.9 Å². The number of piperazine rings is 1. The van der Waals surface area contributed by atoms with E-state index < -0.39 is 11.9 Å². The number of para-hydroxylation sites is 1. The Morgan fingerprint density at radius 2 is 1.71 bits per heavy atom. The predicted octanol–water partition coefficient (Wildman–Crippen LogP) is 3.24. The van der Waals surface area contributed by atoms with Crippen LogP contribution in [0.4, 0.5) is 15.8 Å². The fourth-order valence-corrected chi connectivity index (χ4v) is 4.15. The average Bonchev–Trinajstić information content (AvgIpc) is 2.99. The van der Waals surface area contributed by atoms with E-state index in [0.717, 1.165) is 29.2 Å². The highest BCUT2D eigenvalue weighted by atomic mass is 35.5. The first kappa shape index (κ1) is 18.9. The number of anilines is 2. The molecule has 1 atom stereocenters. The quantitative estimate of drug-likeness (QED) is 0.741. The topological polar surface area (TPSA) is 43.9 Å². The molecule has 2 aromatic carbocycles. The molecule has 0 aromatic heterocycles. The molecule has 0 aliphatic carbocycles. The van der Waals surface area contributed by atoms with E-state index in [1.165, 1.54) is 12.1 Å². The molecule has 1 unspecified atom stereocenters. The average molecular weight is 402 g/mol. The van der Waals surface area contributed by atoms with E-state index in [0.29, 0.717) is 18.1 Å². The third-order valence-electron chi connectivity index (χ3n) is 5.48. The summed E-state index contributed by atoms with van der Waals surface area (Å²) in [6, 6.07) is 11.2. The number of hydrogen-bond donors (Lipinski definition) is 0. The van der Waals surface area contributed by atoms with E-state index in [4.69, 9.17) is 11.6 Å². The molecule has 0 spiro atoms. The van der Waals surface area contributed by atoms with E-state index in [-0.39, 0.29) is 23.9 Å². The number of hydrogen-bond acceptors (Lipinski definition) is 4. The van der Waals surface area contributed by atoms with Gasteiger partial charge in [0, 0.05) is 36.9 Å². The van der Waals surface area contributed by atoms with Crippen LogP contribution >= 0.6 is 11.6 Å². The molecule has 0 radical (unpaired) electrons. The second-order valence-electron chi connectivity index (χ2n) is 7.19. The summed E-state index contributed by atoms with van der Waals surface area (Å²) in [5, 5.41) is 0.695. The van der Waals surface area contributed by atoms with Gasteiger partial charge in [0.1, 0.15) is 5.82 Å². The molecule has 2 aliphatic heterocycles. The van der Waals surface area contributed by atoms with Crippen molar-refractivity contribution >= 4 is 34.8 Å². The van der Waals surface area contributed by atoms with Crippen LogP contribution in [0.3, 0.4) is 0 Å². The highest BCUT2D eigenvalue weighted by molar-refractivity contribution is 6.30. The molecule has 0 saturated carbocycles. The van der Waals surface area contributed by atoms with Gasteiger partial charge in [-0.15, -0.1) is 0 Å². The number of rotatable bonds is 3. The molecule has 2 heterocycles. The molecule has 4 rings (SSSR count). The van der Waals surface area contributed by atoms with Gasteiger partial charge in [-0.05, 0) is 36.8 Å². The highest BCUT2D eigenvalue weighted by Crippen LogP contribution is 2.30. The minimum absolute atomic E-state index is 0.0354. The molecule has 2 fully saturated rings. The highest BCUT2D eigenvalue weighted by Gasteiger charge is 2.44. The van der Waals surface area contributed by atoms with Crippen LogP contribution in [-0.4, -0.2) is 48.9 Å². The van der Waals surface area contributed by atoms with Crippen LogP contribution in [0.15, 0.2) is 42.5 Å². The minimum atomic E-state index is -0.564. The molecule has 2 aliphatic rings. The summed E-state index contributed by atoms with van der Waals surface area (Å²) in [7, 11) is 0. The van der Waals surface area contributed by atoms with E-state index in [2.05, 4.69) is 4.90 Å². The lowest BCUT2D eigenvalue weighted by molar-refractivity contribution is -0.123. The van der Waals surface area contributed by atoms with Crippen molar-refractivity contribution in [1.82, 2.24) is 4.90 Å². The fraction of sp³-hybridized carbons (Fsp3) is 0.333. The summed E-state index contributed by atoms with van der Waals surface area (Å²) < 4.78 is 14.1. The van der Waals surface area contributed by atoms with Crippen molar-refractivity contribution in [3.8, 4) is 0 Å². The molecule has 5 nitrogen and oxygen atoms in total. The molecule has 2 amide bonds. The Morgan fingerprint density at radius 1 is 1.00 bits per heavy atom. The first-order chi connectivity index (χ1) is 13.5. The zero-order chi connectivity index (χ0) is 19.8. The van der Waals surface area contributed by atoms with Crippen molar-refractivity contribution in [2.24, 2.45) is 0 Å². The van der Waals surface area contributed by atoms with E-state index in [1.807, 2.05) is 30.0 Å². The number of carbonyl (C=O) groups is 2. The summed E-state index contributed by atoms with van der Waals surface area (Å²) >= 11 is 6.14. The lowest BCUT2D eigenvalue weighted by atomic mass is 10.1. The Bertz CT molecular complexity index is 928. The molecule has 0 N–H and O–H groups in total. The van der Waals surface area contributed by atoms with Gasteiger partial charge in [0.2, 0.25) is 5.91 Å². The van der Waals surface area contributed by atoms with Crippen LogP contribution in [0.25, 0.3) is 0 Å². The second kappa shape index (κ2) is 7.53. The van der Waals surface area contributed by atoms with Crippen molar-refractivity contribution in [3.63, 3.8) is 0 Å². The summed E-state index contributed by atoms with van der Waals surface area (Å²) in [5.74, 6) is -1.26. The Hall–Kier alpha value is -2.44. The van der Waals surface area contributed by atoms with Gasteiger partial charge in [0.25, 0.3) is 5.91 Å². The van der Waals surface area contributed by atoms with Crippen LogP contribution in [0.1, 0.15) is 12.0 Å². The zero-order valence-corrected chi connectivity index (χ0v) is 16.3. The summed E-state index contributed by atoms with van der Waals surface area (Å²) in [6.45, 7) is 4.82. The Kier molecular flexibility index (Phi) is 5.08. The molecule has 0 bridgehead atoms. The third-order valence-corrected chi connectivity index (χ3v) is 5.72. The molecule has 28 heavy (non-hydrogen) atoms. The monoisotopic (exact) mass is 401 g/mol. The number of aryl methyl sites for hydroxylation is 1. The standard InChI is InChI=1S/C21H21ClFN3O2/c1-14-6-7-15(22)12-18(14)24-8-10-25(11-9-24)19-13-20(27)26(21(19)28)17-5-3-2-4-16(17)23/h2-7,12,19H,8-11,13H2,1H3. The second-order valence-corrected chi connectivity index (χ2v) is 7.63. The van der Waals surface area contributed by atoms with Crippen LogP contribution < -0.4 is 9.80 Å². The summed E-state index contributed by atoms with van der Waals surface area (Å²) in [4.78, 5) is 30.6. The summed E-state index contributed by atoms with van der Waals surface area (Å²) in [6.07, 6.45) is 0.0867. The van der Waals surface area contributed by atoms with Gasteiger partial charge in [-0.3, -0.25) is 14.5 Å². The van der Waals surface area contributed by atoms with Crippen molar-refractivity contribution < 1.29 is 14.0 Å². The number of benzene rings is 2. The normalized spacial score (nSPS) is 20.9. The molecule has 2 aromatic rings. The number of imide groups is 1. The maximum Gasteiger partial charge on any atom is 0.251 e. The van der Waals surface area contributed by atoms with Gasteiger partial charge in [0.05, 0.1) is 18.2 Å². The van der Waals surface area contributed by atoms with Gasteiger partial charge in [0.15, 0.2) is 0 Å². The molecule has 146 valence electrons. The Morgan fingerprint density at radius 3 is 2.43 bits per heavy atom. The van der Waals surface area contributed by atoms with Gasteiger partial charge >= 0.3 is 0 Å². The van der Waals surface area contributed by atoms with Crippen LogP contribution in [0.5, 0.6) is 0 Å². The van der Waals surface area contributed by atoms with Gasteiger partial charge in [-0.1, -0.05) is 29.8 Å². The maximum absolute atomic E-state index is 14.1. The number of amides is 2. The van der Waals surface area contributed by atoms with Crippen molar-refractivity contribution in [2.75, 3.05) is 36.0 Å². The SMILES string of the molecule is Cc1ccc(Cl)cc1N1CCN(C2CC(=O)N(c3ccccc3F)C2=O)CC1. The fourth-order valence-electron chi connectivity index (χ4n) is 3.99. The van der Waals surface area contributed by atoms with Crippen LogP contribution in [0, 0.1) is 12.7 Å². The lowest BCUT2D eigenvalue weighted by Crippen LogP contribution is -2.52. The molecule has 7 heteroatoms. The van der Waals surface area contributed by atoms with Crippen molar-refractivity contribution in [1.29, 1.82) is 0 Å². The van der Waals surface area contributed by atoms with Gasteiger partial charge in [-0.25, -0.2) is 9.29 Å². The van der Waals surface area contributed by atoms with E-state index >= 15 is 0 Å². The summed E-state index contributed by atoms with van der Waals surface area (Å²) in [5.41, 5.74) is 2.28. The molecular formula is C21H21ClFN3O2. The number of carbonyl (C=O) groups excluding carboxylic acids is 2. The van der Waals surface area contributed by atoms with Crippen LogP contribution in [-0.2, 0) is 9.59 Å². The van der Waals surface area contributed by atoms with Crippen molar-refractivity contribution in [2.45, 2.75) is 19.4 Å². The maximum atomic E-state index is 14.1. The first-order valence-corrected chi connectivity index (χ1v) is 9.70. The Balaban J connectivity index is 1.47. The number of halogens is 2. The Labute approximate surface area is 168 Å². The van der Waals surface area contributed by atoms with Crippen LogP contribution in [0.2, 0.25) is 5.02 Å². The minimum Gasteiger partial charge on any atom is -0.369 e. The first-order valence-electron chi connectivity index (χ1n) is 9.32. The number of nitrogens with zero attached hydrogens (tertiary/aromatic N) is 3. The smallest absolute Gasteiger partial charge is 0.251 e. The van der Waals surface area contributed by atoms with Gasteiger partial charge in [-0.2, -0.15) is 0 Å². The van der Waals surface area contributed by atoms with E-state index in [1.54, 1.807) is 12.1 Å². The molecule has 2 saturated heterocycles. The largest absolute Gasteiger partial charge is 0.369 e. The molecular weight excluding hydrogens is 381 g/mol.